The lowest BCUT2D eigenvalue weighted by molar-refractivity contribution is -0.117. The lowest BCUT2D eigenvalue weighted by Gasteiger charge is -2.11. The Morgan fingerprint density at radius 3 is 2.56 bits per heavy atom. The van der Waals surface area contributed by atoms with E-state index in [1.54, 1.807) is 14.0 Å². The van der Waals surface area contributed by atoms with E-state index in [9.17, 15) is 4.79 Å². The molecule has 0 spiro atoms. The number of nitrogens with two attached hydrogens (primary N) is 1. The Hall–Kier alpha value is -1.87. The monoisotopic (exact) mass is 243 g/mol. The van der Waals surface area contributed by atoms with Crippen molar-refractivity contribution in [1.29, 1.82) is 0 Å². The second kappa shape index (κ2) is 5.19. The van der Waals surface area contributed by atoms with Crippen LogP contribution < -0.4 is 10.5 Å². The molecule has 0 bridgehead atoms. The third-order valence-electron chi connectivity index (χ3n) is 3.01. The second-order valence-corrected chi connectivity index (χ2v) is 4.49. The highest BCUT2D eigenvalue weighted by molar-refractivity contribution is 5.85. The number of Topliss-reactive ketones (excluding diaryl/α,β-unsaturated/α-hetero) is 1. The highest BCUT2D eigenvalue weighted by Gasteiger charge is 2.09. The molecule has 2 aromatic rings. The highest BCUT2D eigenvalue weighted by atomic mass is 16.5. The van der Waals surface area contributed by atoms with Crippen molar-refractivity contribution in [3.05, 3.63) is 42.0 Å². The molecule has 3 nitrogen and oxygen atoms in total. The van der Waals surface area contributed by atoms with Crippen molar-refractivity contribution in [3.8, 4) is 5.75 Å². The Bertz CT molecular complexity index is 578. The molecule has 0 amide bonds. The van der Waals surface area contributed by atoms with Crippen LogP contribution in [-0.4, -0.2) is 12.9 Å². The normalized spacial score (nSPS) is 12.4. The molecule has 0 heterocycles. The van der Waals surface area contributed by atoms with Crippen LogP contribution in [0.15, 0.2) is 36.4 Å². The molecule has 0 radical (unpaired) electrons. The second-order valence-electron chi connectivity index (χ2n) is 4.49. The van der Waals surface area contributed by atoms with E-state index in [-0.39, 0.29) is 11.8 Å². The van der Waals surface area contributed by atoms with E-state index in [2.05, 4.69) is 0 Å². The molecule has 0 fully saturated rings. The van der Waals surface area contributed by atoms with E-state index in [0.29, 0.717) is 6.42 Å². The van der Waals surface area contributed by atoms with Gasteiger partial charge in [0, 0.05) is 12.5 Å². The fourth-order valence-electron chi connectivity index (χ4n) is 2.03. The summed E-state index contributed by atoms with van der Waals surface area (Å²) in [5, 5.41) is 2.21. The SMILES string of the molecule is COc1ccc2cc(C(N)CC(C)=O)ccc2c1. The Morgan fingerprint density at radius 2 is 1.89 bits per heavy atom. The highest BCUT2D eigenvalue weighted by Crippen LogP contribution is 2.24. The average Bonchev–Trinajstić information content (AvgIpc) is 2.36. The number of ketones is 1. The fraction of sp³-hybridized carbons (Fsp3) is 0.267. The molecule has 0 aliphatic rings. The summed E-state index contributed by atoms with van der Waals surface area (Å²) >= 11 is 0. The molecule has 0 aliphatic carbocycles. The van der Waals surface area contributed by atoms with Crippen molar-refractivity contribution in [1.82, 2.24) is 0 Å². The summed E-state index contributed by atoms with van der Waals surface area (Å²) < 4.78 is 5.18. The van der Waals surface area contributed by atoms with Gasteiger partial charge < -0.3 is 10.5 Å². The quantitative estimate of drug-likeness (QED) is 0.898. The smallest absolute Gasteiger partial charge is 0.131 e. The van der Waals surface area contributed by atoms with Crippen LogP contribution in [0.1, 0.15) is 24.9 Å². The molecule has 0 saturated heterocycles. The Morgan fingerprint density at radius 1 is 1.22 bits per heavy atom. The Labute approximate surface area is 107 Å². The van der Waals surface area contributed by atoms with E-state index in [4.69, 9.17) is 10.5 Å². The summed E-state index contributed by atoms with van der Waals surface area (Å²) in [6.45, 7) is 1.56. The standard InChI is InChI=1S/C15H17NO2/c1-10(17)7-15(16)13-4-3-12-9-14(18-2)6-5-11(12)8-13/h3-6,8-9,15H,7,16H2,1-2H3. The topological polar surface area (TPSA) is 52.3 Å². The summed E-state index contributed by atoms with van der Waals surface area (Å²) in [7, 11) is 1.65. The van der Waals surface area contributed by atoms with E-state index in [1.807, 2.05) is 36.4 Å². The molecule has 94 valence electrons. The van der Waals surface area contributed by atoms with Crippen LogP contribution in [0.2, 0.25) is 0 Å². The zero-order valence-corrected chi connectivity index (χ0v) is 10.6. The van der Waals surface area contributed by atoms with E-state index in [1.165, 1.54) is 0 Å². The van der Waals surface area contributed by atoms with Crippen LogP contribution in [0.4, 0.5) is 0 Å². The predicted octanol–water partition coefficient (Wildman–Crippen LogP) is 2.83. The van der Waals surface area contributed by atoms with Crippen LogP contribution in [0, 0.1) is 0 Å². The number of hydrogen-bond donors (Lipinski definition) is 1. The van der Waals surface area contributed by atoms with Gasteiger partial charge in [0.2, 0.25) is 0 Å². The van der Waals surface area contributed by atoms with Gasteiger partial charge in [0.05, 0.1) is 7.11 Å². The summed E-state index contributed by atoms with van der Waals surface area (Å²) in [5.74, 6) is 0.945. The van der Waals surface area contributed by atoms with Crippen molar-refractivity contribution in [3.63, 3.8) is 0 Å². The minimum atomic E-state index is -0.228. The van der Waals surface area contributed by atoms with E-state index < -0.39 is 0 Å². The maximum absolute atomic E-state index is 11.1. The minimum absolute atomic E-state index is 0.109. The van der Waals surface area contributed by atoms with Gasteiger partial charge in [-0.2, -0.15) is 0 Å². The number of methoxy groups -OCH3 is 1. The Kier molecular flexibility index (Phi) is 3.63. The molecule has 0 aliphatic heterocycles. The molecule has 1 atom stereocenters. The lowest BCUT2D eigenvalue weighted by Crippen LogP contribution is -2.13. The predicted molar refractivity (Wildman–Crippen MR) is 72.7 cm³/mol. The van der Waals surface area contributed by atoms with Crippen molar-refractivity contribution in [2.75, 3.05) is 7.11 Å². The van der Waals surface area contributed by atoms with Gasteiger partial charge in [-0.3, -0.25) is 4.79 Å². The molecular weight excluding hydrogens is 226 g/mol. The van der Waals surface area contributed by atoms with Crippen molar-refractivity contribution in [2.24, 2.45) is 5.73 Å². The molecule has 2 N–H and O–H groups in total. The van der Waals surface area contributed by atoms with Gasteiger partial charge in [-0.15, -0.1) is 0 Å². The first-order valence-electron chi connectivity index (χ1n) is 5.93. The maximum atomic E-state index is 11.1. The van der Waals surface area contributed by atoms with Gasteiger partial charge >= 0.3 is 0 Å². The zero-order valence-electron chi connectivity index (χ0n) is 10.6. The first kappa shape index (κ1) is 12.6. The van der Waals surface area contributed by atoms with Crippen LogP contribution in [-0.2, 0) is 4.79 Å². The van der Waals surface area contributed by atoms with Crippen molar-refractivity contribution < 1.29 is 9.53 Å². The molecule has 2 aromatic carbocycles. The number of carbonyl (C=O) groups excluding carboxylic acids is 1. The molecular formula is C15H17NO2. The fourth-order valence-corrected chi connectivity index (χ4v) is 2.03. The Balaban J connectivity index is 2.35. The van der Waals surface area contributed by atoms with Gasteiger partial charge in [0.25, 0.3) is 0 Å². The molecule has 0 aromatic heterocycles. The van der Waals surface area contributed by atoms with Crippen molar-refractivity contribution >= 4 is 16.6 Å². The van der Waals surface area contributed by atoms with Crippen molar-refractivity contribution in [2.45, 2.75) is 19.4 Å². The van der Waals surface area contributed by atoms with E-state index >= 15 is 0 Å². The summed E-state index contributed by atoms with van der Waals surface area (Å²) in [5.41, 5.74) is 6.99. The number of ether oxygens (including phenoxy) is 1. The summed E-state index contributed by atoms with van der Waals surface area (Å²) in [4.78, 5) is 11.1. The van der Waals surface area contributed by atoms with Crippen LogP contribution in [0.3, 0.4) is 0 Å². The minimum Gasteiger partial charge on any atom is -0.497 e. The van der Waals surface area contributed by atoms with Crippen LogP contribution in [0.25, 0.3) is 10.8 Å². The van der Waals surface area contributed by atoms with Gasteiger partial charge in [0.1, 0.15) is 11.5 Å². The average molecular weight is 243 g/mol. The number of carbonyl (C=O) groups is 1. The maximum Gasteiger partial charge on any atom is 0.131 e. The molecule has 1 unspecified atom stereocenters. The lowest BCUT2D eigenvalue weighted by atomic mass is 9.99. The molecule has 2 rings (SSSR count). The zero-order chi connectivity index (χ0) is 13.1. The van der Waals surface area contributed by atoms with Gasteiger partial charge in [-0.05, 0) is 41.5 Å². The molecule has 18 heavy (non-hydrogen) atoms. The third kappa shape index (κ3) is 2.68. The van der Waals surface area contributed by atoms with Gasteiger partial charge in [-0.25, -0.2) is 0 Å². The number of hydrogen-bond acceptors (Lipinski definition) is 3. The first-order chi connectivity index (χ1) is 8.60. The first-order valence-corrected chi connectivity index (χ1v) is 5.93. The summed E-state index contributed by atoms with van der Waals surface area (Å²) in [6, 6.07) is 11.7. The van der Waals surface area contributed by atoms with Gasteiger partial charge in [-0.1, -0.05) is 18.2 Å². The third-order valence-corrected chi connectivity index (χ3v) is 3.01. The van der Waals surface area contributed by atoms with E-state index in [0.717, 1.165) is 22.1 Å². The van der Waals surface area contributed by atoms with Crippen LogP contribution >= 0.6 is 0 Å². The number of fused-ring (bicyclic) bond motifs is 1. The molecule has 3 heteroatoms. The van der Waals surface area contributed by atoms with Gasteiger partial charge in [0.15, 0.2) is 0 Å². The largest absolute Gasteiger partial charge is 0.497 e. The number of rotatable bonds is 4. The summed E-state index contributed by atoms with van der Waals surface area (Å²) in [6.07, 6.45) is 0.377. The number of benzene rings is 2. The van der Waals surface area contributed by atoms with Crippen LogP contribution in [0.5, 0.6) is 5.75 Å². The molecule has 0 saturated carbocycles.